The van der Waals surface area contributed by atoms with Gasteiger partial charge in [-0.2, -0.15) is 11.8 Å². The lowest BCUT2D eigenvalue weighted by atomic mass is 10.2. The van der Waals surface area contributed by atoms with E-state index < -0.39 is 6.09 Å². The molecule has 0 saturated carbocycles. The summed E-state index contributed by atoms with van der Waals surface area (Å²) in [4.78, 5) is 11.7. The van der Waals surface area contributed by atoms with Crippen molar-refractivity contribution in [3.05, 3.63) is 35.9 Å². The van der Waals surface area contributed by atoms with Gasteiger partial charge in [-0.25, -0.2) is 4.79 Å². The Balaban J connectivity index is 2.29. The number of methoxy groups -OCH3 is 1. The van der Waals surface area contributed by atoms with E-state index in [-0.39, 0.29) is 19.4 Å². The molecule has 0 aliphatic carbocycles. The summed E-state index contributed by atoms with van der Waals surface area (Å²) in [6.45, 7) is 0.873. The Kier molecular flexibility index (Phi) is 8.86. The van der Waals surface area contributed by atoms with Gasteiger partial charge in [0, 0.05) is 12.9 Å². The summed E-state index contributed by atoms with van der Waals surface area (Å²) in [6.07, 6.45) is 1.54. The first kappa shape index (κ1) is 16.8. The number of amides is 1. The lowest BCUT2D eigenvalue weighted by Gasteiger charge is -2.17. The van der Waals surface area contributed by atoms with Gasteiger partial charge in [-0.3, -0.25) is 0 Å². The van der Waals surface area contributed by atoms with Crippen molar-refractivity contribution >= 4 is 17.9 Å². The first-order valence-electron chi connectivity index (χ1n) is 6.29. The van der Waals surface area contributed by atoms with Crippen LogP contribution in [0.15, 0.2) is 30.3 Å². The predicted molar refractivity (Wildman–Crippen MR) is 79.8 cm³/mol. The zero-order valence-electron chi connectivity index (χ0n) is 11.8. The molecule has 0 unspecified atom stereocenters. The molecule has 0 fully saturated rings. The number of carbonyl (C=O) groups excluding carboxylic acids is 1. The van der Waals surface area contributed by atoms with Gasteiger partial charge in [0.25, 0.3) is 0 Å². The number of hydrogen-bond acceptors (Lipinski definition) is 5. The van der Waals surface area contributed by atoms with E-state index in [0.29, 0.717) is 6.61 Å². The third kappa shape index (κ3) is 7.37. The Bertz CT molecular complexity index is 375. The number of carbonyl (C=O) groups is 1. The van der Waals surface area contributed by atoms with Gasteiger partial charge >= 0.3 is 6.09 Å². The fourth-order valence-corrected chi connectivity index (χ4v) is 2.12. The zero-order valence-corrected chi connectivity index (χ0v) is 12.7. The molecular formula is C14H21NO4S. The van der Waals surface area contributed by atoms with Crippen molar-refractivity contribution in [2.24, 2.45) is 0 Å². The Morgan fingerprint density at radius 1 is 1.35 bits per heavy atom. The monoisotopic (exact) mass is 299 g/mol. The van der Waals surface area contributed by atoms with Crippen LogP contribution in [0.2, 0.25) is 0 Å². The van der Waals surface area contributed by atoms with Gasteiger partial charge in [0.15, 0.2) is 0 Å². The van der Waals surface area contributed by atoms with Crippen molar-refractivity contribution in [2.75, 3.05) is 32.5 Å². The van der Waals surface area contributed by atoms with Gasteiger partial charge in [-0.1, -0.05) is 30.3 Å². The second kappa shape index (κ2) is 10.5. The molecule has 0 bridgehead atoms. The van der Waals surface area contributed by atoms with E-state index in [1.165, 1.54) is 0 Å². The van der Waals surface area contributed by atoms with Crippen molar-refractivity contribution in [2.45, 2.75) is 12.6 Å². The van der Waals surface area contributed by atoms with Crippen LogP contribution >= 0.6 is 11.8 Å². The maximum Gasteiger partial charge on any atom is 0.407 e. The van der Waals surface area contributed by atoms with E-state index in [1.807, 2.05) is 36.6 Å². The minimum absolute atomic E-state index is 0.0941. The van der Waals surface area contributed by atoms with E-state index >= 15 is 0 Å². The molecule has 0 aromatic heterocycles. The number of hydrogen-bond donors (Lipinski definition) is 1. The third-order valence-electron chi connectivity index (χ3n) is 2.42. The molecule has 1 aromatic rings. The fourth-order valence-electron chi connectivity index (χ4n) is 1.54. The smallest absolute Gasteiger partial charge is 0.407 e. The van der Waals surface area contributed by atoms with Gasteiger partial charge in [-0.05, 0) is 11.8 Å². The number of ether oxygens (including phenoxy) is 3. The number of benzene rings is 1. The Morgan fingerprint density at radius 2 is 2.10 bits per heavy atom. The van der Waals surface area contributed by atoms with Crippen LogP contribution in [0.5, 0.6) is 0 Å². The lowest BCUT2D eigenvalue weighted by molar-refractivity contribution is -0.0360. The largest absolute Gasteiger partial charge is 0.445 e. The third-order valence-corrected chi connectivity index (χ3v) is 3.16. The van der Waals surface area contributed by atoms with E-state index in [2.05, 4.69) is 5.32 Å². The SMILES string of the molecule is COCOC[C@@H](CSC)NC(=O)OCc1ccccc1. The highest BCUT2D eigenvalue weighted by Gasteiger charge is 2.13. The molecule has 1 N–H and O–H groups in total. The summed E-state index contributed by atoms with van der Waals surface area (Å²) in [5.74, 6) is 0.754. The summed E-state index contributed by atoms with van der Waals surface area (Å²) in [7, 11) is 1.56. The maximum absolute atomic E-state index is 11.7. The molecule has 1 amide bonds. The van der Waals surface area contributed by atoms with Crippen LogP contribution in [0.4, 0.5) is 4.79 Å². The standard InChI is InChI=1S/C14H21NO4S/c1-17-11-18-9-13(10-20-2)15-14(16)19-8-12-6-4-3-5-7-12/h3-7,13H,8-11H2,1-2H3,(H,15,16)/t13-/m0/s1. The Labute approximate surface area is 124 Å². The summed E-state index contributed by atoms with van der Waals surface area (Å²) in [5, 5.41) is 2.78. The van der Waals surface area contributed by atoms with Crippen molar-refractivity contribution in [3.8, 4) is 0 Å². The minimum Gasteiger partial charge on any atom is -0.445 e. The molecule has 6 heteroatoms. The topological polar surface area (TPSA) is 56.8 Å². The highest BCUT2D eigenvalue weighted by molar-refractivity contribution is 7.98. The average molecular weight is 299 g/mol. The van der Waals surface area contributed by atoms with Crippen LogP contribution < -0.4 is 5.32 Å². The molecule has 0 aliphatic rings. The van der Waals surface area contributed by atoms with Crippen LogP contribution in [0, 0.1) is 0 Å². The fraction of sp³-hybridized carbons (Fsp3) is 0.500. The maximum atomic E-state index is 11.7. The molecule has 0 radical (unpaired) electrons. The quantitative estimate of drug-likeness (QED) is 0.560. The van der Waals surface area contributed by atoms with Crippen LogP contribution in [0.1, 0.15) is 5.56 Å². The summed E-state index contributed by atoms with van der Waals surface area (Å²) in [5.41, 5.74) is 0.958. The molecule has 20 heavy (non-hydrogen) atoms. The van der Waals surface area contributed by atoms with Crippen molar-refractivity contribution in [1.29, 1.82) is 0 Å². The highest BCUT2D eigenvalue weighted by Crippen LogP contribution is 2.02. The summed E-state index contributed by atoms with van der Waals surface area (Å²) >= 11 is 1.63. The molecule has 0 spiro atoms. The van der Waals surface area contributed by atoms with Gasteiger partial charge < -0.3 is 19.5 Å². The van der Waals surface area contributed by atoms with E-state index in [4.69, 9.17) is 14.2 Å². The molecule has 0 aliphatic heterocycles. The van der Waals surface area contributed by atoms with Crippen LogP contribution in [0.25, 0.3) is 0 Å². The number of nitrogens with one attached hydrogen (secondary N) is 1. The molecular weight excluding hydrogens is 278 g/mol. The Hall–Kier alpha value is -1.24. The van der Waals surface area contributed by atoms with Gasteiger partial charge in [-0.15, -0.1) is 0 Å². The molecule has 5 nitrogen and oxygen atoms in total. The van der Waals surface area contributed by atoms with Crippen molar-refractivity contribution < 1.29 is 19.0 Å². The van der Waals surface area contributed by atoms with Crippen molar-refractivity contribution in [3.63, 3.8) is 0 Å². The predicted octanol–water partition coefficient (Wildman–Crippen LogP) is 2.26. The molecule has 1 rings (SSSR count). The first-order chi connectivity index (χ1) is 9.76. The molecule has 1 aromatic carbocycles. The van der Waals surface area contributed by atoms with Gasteiger partial charge in [0.05, 0.1) is 12.6 Å². The molecule has 0 saturated heterocycles. The first-order valence-corrected chi connectivity index (χ1v) is 7.68. The summed E-state index contributed by atoms with van der Waals surface area (Å²) in [6, 6.07) is 9.47. The van der Waals surface area contributed by atoms with Crippen LogP contribution in [0.3, 0.4) is 0 Å². The lowest BCUT2D eigenvalue weighted by Crippen LogP contribution is -2.40. The molecule has 112 valence electrons. The normalized spacial score (nSPS) is 11.9. The second-order valence-corrected chi connectivity index (χ2v) is 5.05. The van der Waals surface area contributed by atoms with Gasteiger partial charge in [0.2, 0.25) is 0 Å². The summed E-state index contributed by atoms with van der Waals surface area (Å²) < 4.78 is 15.2. The Morgan fingerprint density at radius 3 is 2.75 bits per heavy atom. The van der Waals surface area contributed by atoms with Crippen LogP contribution in [-0.2, 0) is 20.8 Å². The average Bonchev–Trinajstić information content (AvgIpc) is 2.47. The van der Waals surface area contributed by atoms with E-state index in [0.717, 1.165) is 11.3 Å². The van der Waals surface area contributed by atoms with Crippen molar-refractivity contribution in [1.82, 2.24) is 5.32 Å². The van der Waals surface area contributed by atoms with E-state index in [9.17, 15) is 4.79 Å². The molecule has 0 heterocycles. The zero-order chi connectivity index (χ0) is 14.6. The molecule has 1 atom stereocenters. The highest BCUT2D eigenvalue weighted by atomic mass is 32.2. The van der Waals surface area contributed by atoms with E-state index in [1.54, 1.807) is 18.9 Å². The van der Waals surface area contributed by atoms with Crippen LogP contribution in [-0.4, -0.2) is 44.7 Å². The van der Waals surface area contributed by atoms with Gasteiger partial charge in [0.1, 0.15) is 13.4 Å². The number of thioether (sulfide) groups is 1. The second-order valence-electron chi connectivity index (χ2n) is 4.14. The number of alkyl carbamates (subject to hydrolysis) is 1. The minimum atomic E-state index is -0.436. The number of rotatable bonds is 9.